The Bertz CT molecular complexity index is 278. The van der Waals surface area contributed by atoms with Crippen LogP contribution in [0.15, 0.2) is 0 Å². The highest BCUT2D eigenvalue weighted by Crippen LogP contribution is 2.15. The van der Waals surface area contributed by atoms with Gasteiger partial charge in [-0.2, -0.15) is 0 Å². The molecule has 0 aliphatic carbocycles. The highest BCUT2D eigenvalue weighted by atomic mass is 16.4. The van der Waals surface area contributed by atoms with Crippen molar-refractivity contribution >= 4 is 0 Å². The minimum Gasteiger partial charge on any atom is -0.394 e. The molecular formula is C14H31NO6. The van der Waals surface area contributed by atoms with Gasteiger partial charge in [-0.1, -0.05) is 20.8 Å². The second kappa shape index (κ2) is 9.68. The van der Waals surface area contributed by atoms with Crippen LogP contribution in [-0.4, -0.2) is 92.8 Å². The first kappa shape index (κ1) is 20.7. The van der Waals surface area contributed by atoms with Gasteiger partial charge in [0.1, 0.15) is 18.3 Å². The van der Waals surface area contributed by atoms with Gasteiger partial charge < -0.3 is 35.5 Å². The Morgan fingerprint density at radius 3 is 1.62 bits per heavy atom. The first-order valence-corrected chi connectivity index (χ1v) is 7.31. The Labute approximate surface area is 126 Å². The molecule has 0 saturated heterocycles. The maximum absolute atomic E-state index is 10.0. The largest absolute Gasteiger partial charge is 0.394 e. The van der Waals surface area contributed by atoms with Gasteiger partial charge in [0, 0.05) is 13.1 Å². The van der Waals surface area contributed by atoms with E-state index in [1.807, 2.05) is 20.8 Å². The molecule has 7 nitrogen and oxygen atoms in total. The van der Waals surface area contributed by atoms with E-state index >= 15 is 0 Å². The van der Waals surface area contributed by atoms with Crippen molar-refractivity contribution in [1.29, 1.82) is 0 Å². The molecule has 0 aromatic carbocycles. The monoisotopic (exact) mass is 309 g/mol. The summed E-state index contributed by atoms with van der Waals surface area (Å²) in [5.41, 5.74) is 0. The molecule has 21 heavy (non-hydrogen) atoms. The van der Waals surface area contributed by atoms with Crippen molar-refractivity contribution < 1.29 is 30.6 Å². The molecule has 3 unspecified atom stereocenters. The summed E-state index contributed by atoms with van der Waals surface area (Å²) in [6.07, 6.45) is -6.57. The number of likely N-dealkylation sites (N-methyl/N-ethyl adjacent to an activating group) is 1. The molecule has 0 saturated carbocycles. The molecule has 0 aromatic heterocycles. The van der Waals surface area contributed by atoms with Crippen molar-refractivity contribution in [3.05, 3.63) is 0 Å². The van der Waals surface area contributed by atoms with Crippen LogP contribution in [0.1, 0.15) is 20.8 Å². The molecule has 0 aliphatic rings. The Balaban J connectivity index is 4.34. The topological polar surface area (TPSA) is 125 Å². The fourth-order valence-electron chi connectivity index (χ4n) is 1.99. The fourth-order valence-corrected chi connectivity index (χ4v) is 1.99. The second-order valence-corrected chi connectivity index (χ2v) is 6.19. The molecule has 7 heteroatoms. The Kier molecular flexibility index (Phi) is 9.55. The Morgan fingerprint density at radius 2 is 1.19 bits per heavy atom. The van der Waals surface area contributed by atoms with E-state index in [1.165, 1.54) is 0 Å². The van der Waals surface area contributed by atoms with E-state index in [0.29, 0.717) is 12.5 Å². The molecule has 0 bridgehead atoms. The van der Waals surface area contributed by atoms with E-state index < -0.39 is 37.1 Å². The molecular weight excluding hydrogens is 278 g/mol. The number of hydrogen-bond donors (Lipinski definition) is 6. The van der Waals surface area contributed by atoms with Crippen LogP contribution in [0, 0.1) is 11.8 Å². The highest BCUT2D eigenvalue weighted by Gasteiger charge is 2.31. The van der Waals surface area contributed by atoms with Crippen molar-refractivity contribution in [3.8, 4) is 0 Å². The second-order valence-electron chi connectivity index (χ2n) is 6.19. The Hall–Kier alpha value is -0.280. The maximum atomic E-state index is 10.0. The number of aliphatic hydroxyl groups excluding tert-OH is 6. The quantitative estimate of drug-likeness (QED) is 0.276. The van der Waals surface area contributed by atoms with Crippen molar-refractivity contribution in [3.63, 3.8) is 0 Å². The van der Waals surface area contributed by atoms with Crippen LogP contribution < -0.4 is 0 Å². The zero-order valence-electron chi connectivity index (χ0n) is 13.3. The minimum atomic E-state index is -1.63. The van der Waals surface area contributed by atoms with Gasteiger partial charge in [-0.15, -0.1) is 0 Å². The summed E-state index contributed by atoms with van der Waals surface area (Å²) >= 11 is 0. The molecule has 0 rings (SSSR count). The molecule has 6 N–H and O–H groups in total. The zero-order chi connectivity index (χ0) is 16.7. The predicted octanol–water partition coefficient (Wildman–Crippen LogP) is -1.99. The number of aliphatic hydroxyl groups is 6. The zero-order valence-corrected chi connectivity index (χ0v) is 13.3. The van der Waals surface area contributed by atoms with Crippen molar-refractivity contribution in [2.24, 2.45) is 11.8 Å². The van der Waals surface area contributed by atoms with Crippen LogP contribution in [0.4, 0.5) is 0 Å². The lowest BCUT2D eigenvalue weighted by molar-refractivity contribution is -0.119. The average molecular weight is 309 g/mol. The highest BCUT2D eigenvalue weighted by molar-refractivity contribution is 4.82. The summed E-state index contributed by atoms with van der Waals surface area (Å²) in [4.78, 5) is 1.65. The lowest BCUT2D eigenvalue weighted by Gasteiger charge is -2.31. The van der Waals surface area contributed by atoms with Gasteiger partial charge in [0.05, 0.1) is 18.8 Å². The Morgan fingerprint density at radius 1 is 0.762 bits per heavy atom. The van der Waals surface area contributed by atoms with E-state index in [2.05, 4.69) is 0 Å². The van der Waals surface area contributed by atoms with Gasteiger partial charge in [-0.05, 0) is 18.9 Å². The van der Waals surface area contributed by atoms with Gasteiger partial charge in [0.25, 0.3) is 0 Å². The minimum absolute atomic E-state index is 0.0260. The van der Waals surface area contributed by atoms with Crippen LogP contribution in [-0.2, 0) is 0 Å². The lowest BCUT2D eigenvalue weighted by atomic mass is 9.92. The van der Waals surface area contributed by atoms with E-state index in [-0.39, 0.29) is 12.5 Å². The molecule has 0 aromatic rings. The summed E-state index contributed by atoms with van der Waals surface area (Å²) in [6, 6.07) is 0. The van der Waals surface area contributed by atoms with Crippen LogP contribution >= 0.6 is 0 Å². The standard InChI is InChI=1S/C14H31NO6/c1-8(2)9(3)10(17)5-15(4)6-11(18)13(20)14(21)12(19)7-16/h8-14,16-21H,5-7H2,1-4H3/t9-,10?,11?,12-,13?,14-/m0/s1. The van der Waals surface area contributed by atoms with Gasteiger partial charge in [-0.25, -0.2) is 0 Å². The molecule has 0 aliphatic heterocycles. The van der Waals surface area contributed by atoms with E-state index in [4.69, 9.17) is 5.11 Å². The summed E-state index contributed by atoms with van der Waals surface area (Å²) in [5, 5.41) is 57.0. The SMILES string of the molecule is CC(C)[C@H](C)C(O)CN(C)CC(O)C(O)[C@@H](O)[C@@H](O)CO. The third kappa shape index (κ3) is 7.01. The summed E-state index contributed by atoms with van der Waals surface area (Å²) in [7, 11) is 1.68. The lowest BCUT2D eigenvalue weighted by Crippen LogP contribution is -2.50. The summed E-state index contributed by atoms with van der Waals surface area (Å²) < 4.78 is 0. The average Bonchev–Trinajstić information content (AvgIpc) is 2.43. The fraction of sp³-hybridized carbons (Fsp3) is 1.00. The first-order valence-electron chi connectivity index (χ1n) is 7.31. The van der Waals surface area contributed by atoms with Crippen LogP contribution in [0.25, 0.3) is 0 Å². The van der Waals surface area contributed by atoms with E-state index in [0.717, 1.165) is 0 Å². The molecule has 0 spiro atoms. The smallest absolute Gasteiger partial charge is 0.111 e. The van der Waals surface area contributed by atoms with Crippen molar-refractivity contribution in [2.45, 2.75) is 51.3 Å². The number of hydrogen-bond acceptors (Lipinski definition) is 7. The van der Waals surface area contributed by atoms with Crippen molar-refractivity contribution in [2.75, 3.05) is 26.7 Å². The first-order chi connectivity index (χ1) is 9.61. The molecule has 0 radical (unpaired) electrons. The molecule has 0 amide bonds. The van der Waals surface area contributed by atoms with Gasteiger partial charge in [-0.3, -0.25) is 0 Å². The third-order valence-corrected chi connectivity index (χ3v) is 3.98. The molecule has 0 fully saturated rings. The molecule has 0 heterocycles. The van der Waals surface area contributed by atoms with Crippen molar-refractivity contribution in [1.82, 2.24) is 4.90 Å². The van der Waals surface area contributed by atoms with Gasteiger partial charge in [0.15, 0.2) is 0 Å². The predicted molar refractivity (Wildman–Crippen MR) is 78.6 cm³/mol. The van der Waals surface area contributed by atoms with Gasteiger partial charge >= 0.3 is 0 Å². The number of nitrogens with zero attached hydrogens (tertiary/aromatic N) is 1. The molecule has 128 valence electrons. The van der Waals surface area contributed by atoms with Crippen LogP contribution in [0.3, 0.4) is 0 Å². The number of rotatable bonds is 10. The summed E-state index contributed by atoms with van der Waals surface area (Å²) in [6.45, 7) is 5.61. The summed E-state index contributed by atoms with van der Waals surface area (Å²) in [5.74, 6) is 0.418. The third-order valence-electron chi connectivity index (χ3n) is 3.98. The van der Waals surface area contributed by atoms with Crippen LogP contribution in [0.2, 0.25) is 0 Å². The normalized spacial score (nSPS) is 21.1. The van der Waals surface area contributed by atoms with Crippen LogP contribution in [0.5, 0.6) is 0 Å². The van der Waals surface area contributed by atoms with E-state index in [9.17, 15) is 25.5 Å². The van der Waals surface area contributed by atoms with E-state index in [1.54, 1.807) is 11.9 Å². The van der Waals surface area contributed by atoms with Gasteiger partial charge in [0.2, 0.25) is 0 Å². The molecule has 6 atom stereocenters. The maximum Gasteiger partial charge on any atom is 0.111 e.